The van der Waals surface area contributed by atoms with Gasteiger partial charge in [-0.2, -0.15) is 0 Å². The van der Waals surface area contributed by atoms with Gasteiger partial charge in [-0.25, -0.2) is 0 Å². The van der Waals surface area contributed by atoms with E-state index in [1.165, 1.54) is 0 Å². The van der Waals surface area contributed by atoms with Crippen molar-refractivity contribution in [2.75, 3.05) is 6.54 Å². The van der Waals surface area contributed by atoms with Crippen molar-refractivity contribution in [2.24, 2.45) is 0 Å². The van der Waals surface area contributed by atoms with Crippen LogP contribution < -0.4 is 0 Å². The molecule has 1 unspecified atom stereocenters. The maximum absolute atomic E-state index is 12.9. The molecule has 0 radical (unpaired) electrons. The zero-order valence-electron chi connectivity index (χ0n) is 16.7. The van der Waals surface area contributed by atoms with E-state index in [4.69, 9.17) is 0 Å². The quantitative estimate of drug-likeness (QED) is 0.448. The number of carbonyl (C=O) groups excluding carboxylic acids is 2. The summed E-state index contributed by atoms with van der Waals surface area (Å²) < 4.78 is 0. The van der Waals surface area contributed by atoms with Crippen molar-refractivity contribution in [1.82, 2.24) is 4.90 Å². The van der Waals surface area contributed by atoms with Crippen LogP contribution in [-0.4, -0.2) is 28.2 Å². The summed E-state index contributed by atoms with van der Waals surface area (Å²) in [4.78, 5) is 27.2. The maximum Gasteiger partial charge on any atom is 0.295 e. The molecule has 1 saturated heterocycles. The van der Waals surface area contributed by atoms with E-state index < -0.39 is 17.7 Å². The van der Waals surface area contributed by atoms with Crippen molar-refractivity contribution >= 4 is 17.4 Å². The SMILES string of the molecule is CCCCN1C(=O)C(=O)/C(=C(\O)c2ccc(CC)cc2)C1c1cccc(C)c1. The molecule has 1 atom stereocenters. The first-order chi connectivity index (χ1) is 13.5. The third kappa shape index (κ3) is 3.72. The fourth-order valence-electron chi connectivity index (χ4n) is 3.68. The molecule has 1 N–H and O–H groups in total. The van der Waals surface area contributed by atoms with E-state index in [1.807, 2.05) is 50.2 Å². The number of hydrogen-bond acceptors (Lipinski definition) is 3. The van der Waals surface area contributed by atoms with Crippen LogP contribution in [0.25, 0.3) is 5.76 Å². The Kier molecular flexibility index (Phi) is 5.98. The fourth-order valence-corrected chi connectivity index (χ4v) is 3.68. The lowest BCUT2D eigenvalue weighted by molar-refractivity contribution is -0.139. The van der Waals surface area contributed by atoms with Crippen LogP contribution in [0.4, 0.5) is 0 Å². The Balaban J connectivity index is 2.14. The molecule has 1 fully saturated rings. The number of likely N-dealkylation sites (tertiary alicyclic amines) is 1. The average Bonchev–Trinajstić information content (AvgIpc) is 2.96. The summed E-state index contributed by atoms with van der Waals surface area (Å²) in [5.41, 5.74) is 3.78. The van der Waals surface area contributed by atoms with Gasteiger partial charge in [0.1, 0.15) is 5.76 Å². The molecule has 1 amide bonds. The van der Waals surface area contributed by atoms with Crippen molar-refractivity contribution < 1.29 is 14.7 Å². The van der Waals surface area contributed by atoms with E-state index in [2.05, 4.69) is 6.92 Å². The van der Waals surface area contributed by atoms with Gasteiger partial charge in [-0.1, -0.05) is 74.4 Å². The van der Waals surface area contributed by atoms with E-state index in [0.717, 1.165) is 36.0 Å². The number of amides is 1. The number of aliphatic hydroxyl groups is 1. The van der Waals surface area contributed by atoms with E-state index >= 15 is 0 Å². The van der Waals surface area contributed by atoms with Gasteiger partial charge in [0.25, 0.3) is 11.7 Å². The molecular formula is C24H27NO3. The van der Waals surface area contributed by atoms with Crippen LogP contribution in [0.15, 0.2) is 54.1 Å². The van der Waals surface area contributed by atoms with Gasteiger partial charge in [-0.05, 0) is 30.9 Å². The standard InChI is InChI=1S/C24H27NO3/c1-4-6-14-25-21(19-9-7-8-16(3)15-19)20(23(27)24(25)28)22(26)18-12-10-17(5-2)11-13-18/h7-13,15,21,26H,4-6,14H2,1-3H3/b22-20-. The maximum atomic E-state index is 12.9. The molecular weight excluding hydrogens is 350 g/mol. The average molecular weight is 377 g/mol. The molecule has 1 aliphatic heterocycles. The highest BCUT2D eigenvalue weighted by Crippen LogP contribution is 2.39. The second-order valence-corrected chi connectivity index (χ2v) is 7.31. The number of ketones is 1. The molecule has 4 heteroatoms. The summed E-state index contributed by atoms with van der Waals surface area (Å²) in [5, 5.41) is 11.0. The summed E-state index contributed by atoms with van der Waals surface area (Å²) in [7, 11) is 0. The minimum absolute atomic E-state index is 0.105. The molecule has 0 aliphatic carbocycles. The zero-order valence-corrected chi connectivity index (χ0v) is 16.7. The van der Waals surface area contributed by atoms with Crippen molar-refractivity contribution in [3.8, 4) is 0 Å². The number of carbonyl (C=O) groups is 2. The summed E-state index contributed by atoms with van der Waals surface area (Å²) in [5.74, 6) is -1.25. The summed E-state index contributed by atoms with van der Waals surface area (Å²) in [6, 6.07) is 14.7. The first-order valence-electron chi connectivity index (χ1n) is 9.92. The van der Waals surface area contributed by atoms with Crippen molar-refractivity contribution in [3.05, 3.63) is 76.4 Å². The van der Waals surface area contributed by atoms with Gasteiger partial charge in [0.2, 0.25) is 0 Å². The van der Waals surface area contributed by atoms with Gasteiger partial charge in [-0.3, -0.25) is 9.59 Å². The lowest BCUT2D eigenvalue weighted by atomic mass is 9.94. The van der Waals surface area contributed by atoms with Crippen LogP contribution in [0, 0.1) is 6.92 Å². The van der Waals surface area contributed by atoms with Gasteiger partial charge in [0, 0.05) is 12.1 Å². The number of Topliss-reactive ketones (excluding diaryl/α,β-unsaturated/α-hetero) is 1. The first-order valence-corrected chi connectivity index (χ1v) is 9.92. The molecule has 3 rings (SSSR count). The highest BCUT2D eigenvalue weighted by atomic mass is 16.3. The molecule has 28 heavy (non-hydrogen) atoms. The first kappa shape index (κ1) is 19.9. The highest BCUT2D eigenvalue weighted by molar-refractivity contribution is 6.46. The summed E-state index contributed by atoms with van der Waals surface area (Å²) >= 11 is 0. The van der Waals surface area contributed by atoms with Gasteiger partial charge in [-0.15, -0.1) is 0 Å². The predicted molar refractivity (Wildman–Crippen MR) is 111 cm³/mol. The predicted octanol–water partition coefficient (Wildman–Crippen LogP) is 4.78. The number of nitrogens with zero attached hydrogens (tertiary/aromatic N) is 1. The van der Waals surface area contributed by atoms with Crippen LogP contribution in [0.3, 0.4) is 0 Å². The molecule has 2 aromatic rings. The Labute approximate surface area is 166 Å². The van der Waals surface area contributed by atoms with Crippen molar-refractivity contribution in [1.29, 1.82) is 0 Å². The molecule has 0 spiro atoms. The van der Waals surface area contributed by atoms with Crippen LogP contribution >= 0.6 is 0 Å². The normalized spacial score (nSPS) is 18.7. The molecule has 2 aromatic carbocycles. The number of rotatable bonds is 6. The zero-order chi connectivity index (χ0) is 20.3. The van der Waals surface area contributed by atoms with Gasteiger partial charge < -0.3 is 10.0 Å². The van der Waals surface area contributed by atoms with Gasteiger partial charge in [0.15, 0.2) is 0 Å². The molecule has 0 bridgehead atoms. The van der Waals surface area contributed by atoms with Crippen molar-refractivity contribution in [2.45, 2.75) is 46.1 Å². The number of unbranched alkanes of at least 4 members (excludes halogenated alkanes) is 1. The number of aliphatic hydroxyl groups excluding tert-OH is 1. The fraction of sp³-hybridized carbons (Fsp3) is 0.333. The minimum atomic E-state index is -0.611. The van der Waals surface area contributed by atoms with Crippen LogP contribution in [0.1, 0.15) is 55.0 Å². The highest BCUT2D eigenvalue weighted by Gasteiger charge is 2.45. The number of benzene rings is 2. The second-order valence-electron chi connectivity index (χ2n) is 7.31. The second kappa shape index (κ2) is 8.42. The summed E-state index contributed by atoms with van der Waals surface area (Å²) in [6.45, 7) is 6.58. The Morgan fingerprint density at radius 2 is 1.79 bits per heavy atom. The Morgan fingerprint density at radius 3 is 2.39 bits per heavy atom. The van der Waals surface area contributed by atoms with Crippen molar-refractivity contribution in [3.63, 3.8) is 0 Å². The Morgan fingerprint density at radius 1 is 1.07 bits per heavy atom. The Bertz CT molecular complexity index is 912. The van der Waals surface area contributed by atoms with Gasteiger partial charge >= 0.3 is 0 Å². The topological polar surface area (TPSA) is 57.6 Å². The van der Waals surface area contributed by atoms with Crippen LogP contribution in [-0.2, 0) is 16.0 Å². The molecule has 0 aromatic heterocycles. The lowest BCUT2D eigenvalue weighted by Crippen LogP contribution is -2.30. The largest absolute Gasteiger partial charge is 0.507 e. The minimum Gasteiger partial charge on any atom is -0.507 e. The third-order valence-electron chi connectivity index (χ3n) is 5.29. The Hall–Kier alpha value is -2.88. The molecule has 146 valence electrons. The molecule has 0 saturated carbocycles. The monoisotopic (exact) mass is 377 g/mol. The smallest absolute Gasteiger partial charge is 0.295 e. The van der Waals surface area contributed by atoms with Crippen LogP contribution in [0.5, 0.6) is 0 Å². The number of hydrogen-bond donors (Lipinski definition) is 1. The number of aryl methyl sites for hydroxylation is 2. The third-order valence-corrected chi connectivity index (χ3v) is 5.29. The van der Waals surface area contributed by atoms with E-state index in [9.17, 15) is 14.7 Å². The van der Waals surface area contributed by atoms with E-state index in [0.29, 0.717) is 12.1 Å². The van der Waals surface area contributed by atoms with E-state index in [-0.39, 0.29) is 11.3 Å². The molecule has 4 nitrogen and oxygen atoms in total. The van der Waals surface area contributed by atoms with Gasteiger partial charge in [0.05, 0.1) is 11.6 Å². The molecule has 1 aliphatic rings. The van der Waals surface area contributed by atoms with Crippen LogP contribution in [0.2, 0.25) is 0 Å². The van der Waals surface area contributed by atoms with E-state index in [1.54, 1.807) is 17.0 Å². The lowest BCUT2D eigenvalue weighted by Gasteiger charge is -2.25. The summed E-state index contributed by atoms with van der Waals surface area (Å²) in [6.07, 6.45) is 2.62. The molecule has 1 heterocycles.